The number of ether oxygens (including phenoxy) is 2. The zero-order chi connectivity index (χ0) is 18.7. The van der Waals surface area contributed by atoms with Gasteiger partial charge in [-0.15, -0.1) is 0 Å². The molecule has 2 saturated heterocycles. The zero-order valence-corrected chi connectivity index (χ0v) is 16.5. The van der Waals surface area contributed by atoms with Gasteiger partial charge in [-0.25, -0.2) is 0 Å². The summed E-state index contributed by atoms with van der Waals surface area (Å²) in [7, 11) is 1.76. The Hall–Kier alpha value is -1.57. The predicted molar refractivity (Wildman–Crippen MR) is 106 cm³/mol. The maximum Gasteiger partial charge on any atom is 0.191 e. The Kier molecular flexibility index (Phi) is 8.45. The molecule has 3 rings (SSSR count). The largest absolute Gasteiger partial charge is 0.469 e. The van der Waals surface area contributed by atoms with Crippen molar-refractivity contribution in [3.8, 4) is 0 Å². The first-order chi connectivity index (χ1) is 13.3. The molecule has 2 aliphatic rings. The Morgan fingerprint density at radius 3 is 2.93 bits per heavy atom. The van der Waals surface area contributed by atoms with Gasteiger partial charge in [0.2, 0.25) is 0 Å². The molecule has 0 aliphatic carbocycles. The lowest BCUT2D eigenvalue weighted by molar-refractivity contribution is 0.128. The smallest absolute Gasteiger partial charge is 0.191 e. The number of hydrogen-bond acceptors (Lipinski definition) is 5. The van der Waals surface area contributed by atoms with E-state index < -0.39 is 0 Å². The predicted octanol–water partition coefficient (Wildman–Crippen LogP) is 1.50. The van der Waals surface area contributed by atoms with E-state index in [-0.39, 0.29) is 0 Å². The van der Waals surface area contributed by atoms with E-state index in [0.717, 1.165) is 89.9 Å². The van der Waals surface area contributed by atoms with Gasteiger partial charge in [0.25, 0.3) is 0 Å². The van der Waals surface area contributed by atoms with Crippen LogP contribution in [0.3, 0.4) is 0 Å². The van der Waals surface area contributed by atoms with E-state index in [4.69, 9.17) is 18.9 Å². The van der Waals surface area contributed by atoms with E-state index in [1.54, 1.807) is 13.4 Å². The van der Waals surface area contributed by atoms with Crippen LogP contribution in [0.4, 0.5) is 0 Å². The van der Waals surface area contributed by atoms with Crippen molar-refractivity contribution in [2.75, 3.05) is 59.7 Å². The topological polar surface area (TPSA) is 71.3 Å². The van der Waals surface area contributed by atoms with E-state index in [0.29, 0.717) is 12.0 Å². The first-order valence-electron chi connectivity index (χ1n) is 10.2. The van der Waals surface area contributed by atoms with Gasteiger partial charge >= 0.3 is 0 Å². The number of nitrogens with one attached hydrogen (secondary N) is 2. The molecular weight excluding hydrogens is 344 g/mol. The molecule has 3 heterocycles. The molecule has 2 N–H and O–H groups in total. The highest BCUT2D eigenvalue weighted by atomic mass is 16.5. The van der Waals surface area contributed by atoms with Crippen LogP contribution in [0.2, 0.25) is 0 Å². The van der Waals surface area contributed by atoms with Gasteiger partial charge in [-0.05, 0) is 31.4 Å². The maximum atomic E-state index is 5.48. The second-order valence-corrected chi connectivity index (χ2v) is 7.43. The minimum Gasteiger partial charge on any atom is -0.469 e. The van der Waals surface area contributed by atoms with Crippen LogP contribution in [0, 0.1) is 5.92 Å². The van der Waals surface area contributed by atoms with Gasteiger partial charge in [0.05, 0.1) is 19.5 Å². The third-order valence-corrected chi connectivity index (χ3v) is 5.32. The highest BCUT2D eigenvalue weighted by Gasteiger charge is 2.20. The quantitative estimate of drug-likeness (QED) is 0.501. The number of piperidine rings is 1. The van der Waals surface area contributed by atoms with E-state index >= 15 is 0 Å². The van der Waals surface area contributed by atoms with E-state index in [2.05, 4.69) is 15.5 Å². The molecular formula is C20H34N4O3. The standard InChI is InChI=1S/C20H34N4O3/c1-25-14-11-24-9-5-18(6-10-24)23-20(22-15-17-7-13-26-16-17)21-8-4-19-3-2-12-27-19/h2-3,12,17-18H,4-11,13-16H2,1H3,(H2,21,22,23). The minimum atomic E-state index is 0.471. The molecule has 2 fully saturated rings. The van der Waals surface area contributed by atoms with Gasteiger partial charge in [0.15, 0.2) is 5.96 Å². The Morgan fingerprint density at radius 2 is 2.22 bits per heavy atom. The van der Waals surface area contributed by atoms with Crippen molar-refractivity contribution in [3.63, 3.8) is 0 Å². The van der Waals surface area contributed by atoms with Crippen molar-refractivity contribution in [1.29, 1.82) is 0 Å². The molecule has 7 heteroatoms. The molecule has 1 atom stereocenters. The Morgan fingerprint density at radius 1 is 1.33 bits per heavy atom. The summed E-state index contributed by atoms with van der Waals surface area (Å²) in [6.07, 6.45) is 5.96. The first-order valence-corrected chi connectivity index (χ1v) is 10.2. The van der Waals surface area contributed by atoms with E-state index in [1.807, 2.05) is 12.1 Å². The summed E-state index contributed by atoms with van der Waals surface area (Å²) >= 11 is 0. The lowest BCUT2D eigenvalue weighted by Gasteiger charge is -2.33. The molecule has 0 saturated carbocycles. The second kappa shape index (κ2) is 11.3. The van der Waals surface area contributed by atoms with Crippen molar-refractivity contribution in [1.82, 2.24) is 15.5 Å². The Balaban J connectivity index is 1.45. The number of nitrogens with zero attached hydrogens (tertiary/aromatic N) is 2. The number of likely N-dealkylation sites (tertiary alicyclic amines) is 1. The van der Waals surface area contributed by atoms with Crippen LogP contribution in [-0.4, -0.2) is 76.6 Å². The molecule has 1 aromatic rings. The lowest BCUT2D eigenvalue weighted by atomic mass is 10.1. The number of methoxy groups -OCH3 is 1. The zero-order valence-electron chi connectivity index (χ0n) is 16.5. The number of aliphatic imine (C=N–C) groups is 1. The van der Waals surface area contributed by atoms with Crippen molar-refractivity contribution in [2.45, 2.75) is 31.7 Å². The Bertz CT molecular complexity index is 535. The molecule has 2 aliphatic heterocycles. The van der Waals surface area contributed by atoms with Crippen molar-refractivity contribution in [2.24, 2.45) is 10.9 Å². The summed E-state index contributed by atoms with van der Waals surface area (Å²) in [6, 6.07) is 4.41. The van der Waals surface area contributed by atoms with Crippen molar-refractivity contribution < 1.29 is 13.9 Å². The van der Waals surface area contributed by atoms with Crippen LogP contribution in [0.25, 0.3) is 0 Å². The van der Waals surface area contributed by atoms with Crippen LogP contribution in [0.15, 0.2) is 27.8 Å². The van der Waals surface area contributed by atoms with E-state index in [1.165, 1.54) is 0 Å². The molecule has 0 aromatic carbocycles. The third-order valence-electron chi connectivity index (χ3n) is 5.32. The molecule has 27 heavy (non-hydrogen) atoms. The molecule has 1 aromatic heterocycles. The summed E-state index contributed by atoms with van der Waals surface area (Å²) in [5.74, 6) is 2.46. The molecule has 0 amide bonds. The SMILES string of the molecule is COCCN1CCC(NC(=NCC2CCOC2)NCCc2ccco2)CC1. The second-order valence-electron chi connectivity index (χ2n) is 7.43. The van der Waals surface area contributed by atoms with Crippen LogP contribution in [-0.2, 0) is 15.9 Å². The summed E-state index contributed by atoms with van der Waals surface area (Å²) in [5.41, 5.74) is 0. The number of furan rings is 1. The average molecular weight is 379 g/mol. The van der Waals surface area contributed by atoms with Gasteiger partial charge in [0.1, 0.15) is 5.76 Å². The molecule has 0 bridgehead atoms. The van der Waals surface area contributed by atoms with Gasteiger partial charge in [-0.2, -0.15) is 0 Å². The highest BCUT2D eigenvalue weighted by Crippen LogP contribution is 2.13. The van der Waals surface area contributed by atoms with E-state index in [9.17, 15) is 0 Å². The van der Waals surface area contributed by atoms with Crippen LogP contribution in [0.1, 0.15) is 25.0 Å². The molecule has 0 radical (unpaired) electrons. The Labute approximate surface area is 162 Å². The van der Waals surface area contributed by atoms with Crippen LogP contribution in [0.5, 0.6) is 0 Å². The number of rotatable bonds is 9. The highest BCUT2D eigenvalue weighted by molar-refractivity contribution is 5.80. The van der Waals surface area contributed by atoms with Crippen LogP contribution >= 0.6 is 0 Å². The third kappa shape index (κ3) is 7.16. The van der Waals surface area contributed by atoms with Gasteiger partial charge in [0, 0.05) is 64.8 Å². The van der Waals surface area contributed by atoms with Crippen molar-refractivity contribution in [3.05, 3.63) is 24.2 Å². The first kappa shape index (κ1) is 20.2. The summed E-state index contributed by atoms with van der Waals surface area (Å²) in [4.78, 5) is 7.31. The van der Waals surface area contributed by atoms with Gasteiger partial charge in [-0.3, -0.25) is 4.99 Å². The van der Waals surface area contributed by atoms with Crippen LogP contribution < -0.4 is 10.6 Å². The summed E-state index contributed by atoms with van der Waals surface area (Å²) in [6.45, 7) is 7.38. The monoisotopic (exact) mass is 378 g/mol. The molecule has 1 unspecified atom stereocenters. The fourth-order valence-electron chi connectivity index (χ4n) is 3.57. The summed E-state index contributed by atoms with van der Waals surface area (Å²) in [5, 5.41) is 7.13. The number of guanidine groups is 1. The fraction of sp³-hybridized carbons (Fsp3) is 0.750. The summed E-state index contributed by atoms with van der Waals surface area (Å²) < 4.78 is 16.1. The molecule has 0 spiro atoms. The molecule has 7 nitrogen and oxygen atoms in total. The maximum absolute atomic E-state index is 5.48. The van der Waals surface area contributed by atoms with Gasteiger partial charge < -0.3 is 29.4 Å². The van der Waals surface area contributed by atoms with Gasteiger partial charge in [-0.1, -0.05) is 0 Å². The number of hydrogen-bond donors (Lipinski definition) is 2. The normalized spacial score (nSPS) is 22.3. The van der Waals surface area contributed by atoms with Crippen molar-refractivity contribution >= 4 is 5.96 Å². The fourth-order valence-corrected chi connectivity index (χ4v) is 3.57. The lowest BCUT2D eigenvalue weighted by Crippen LogP contribution is -2.49. The minimum absolute atomic E-state index is 0.471. The molecule has 152 valence electrons. The average Bonchev–Trinajstić information content (AvgIpc) is 3.39.